The number of allylic oxidation sites excluding steroid dienone is 2. The molecule has 11 heteroatoms. The van der Waals surface area contributed by atoms with Crippen molar-refractivity contribution in [2.45, 2.75) is 73.6 Å². The molecule has 9 nitrogen and oxygen atoms in total. The van der Waals surface area contributed by atoms with Gasteiger partial charge in [0.2, 0.25) is 0 Å². The molecule has 1 heterocycles. The monoisotopic (exact) mass is 635 g/mol. The van der Waals surface area contributed by atoms with Gasteiger partial charge >= 0.3 is 0 Å². The Morgan fingerprint density at radius 2 is 1.67 bits per heavy atom. The zero-order valence-corrected chi connectivity index (χ0v) is 28.4. The van der Waals surface area contributed by atoms with Crippen molar-refractivity contribution in [3.63, 3.8) is 0 Å². The Morgan fingerprint density at radius 1 is 1.04 bits per heavy atom. The number of hydrogen-bond donors (Lipinski definition) is 1. The van der Waals surface area contributed by atoms with E-state index in [0.717, 1.165) is 49.0 Å². The van der Waals surface area contributed by atoms with Crippen LogP contribution in [0.1, 0.15) is 84.2 Å². The molecule has 2 rings (SSSR count). The lowest BCUT2D eigenvalue weighted by molar-refractivity contribution is -0.153. The molecule has 0 unspecified atom stereocenters. The Kier molecular flexibility index (Phi) is 17.1. The lowest BCUT2D eigenvalue weighted by Crippen LogP contribution is -2.35. The number of amidine groups is 1. The molecule has 1 aliphatic heterocycles. The molecular formula is C34H51F2N3O6. The second-order valence-electron chi connectivity index (χ2n) is 11.4. The van der Waals surface area contributed by atoms with Crippen LogP contribution in [0.5, 0.6) is 5.75 Å². The fourth-order valence-electron chi connectivity index (χ4n) is 4.57. The number of anilines is 1. The number of methoxy groups -OCH3 is 1. The van der Waals surface area contributed by atoms with E-state index in [2.05, 4.69) is 44.5 Å². The van der Waals surface area contributed by atoms with Gasteiger partial charge in [0.05, 0.1) is 32.6 Å². The van der Waals surface area contributed by atoms with Gasteiger partial charge in [-0.2, -0.15) is 4.94 Å². The van der Waals surface area contributed by atoms with Gasteiger partial charge in [-0.25, -0.2) is 4.39 Å². The lowest BCUT2D eigenvalue weighted by atomic mass is 9.84. The zero-order valence-electron chi connectivity index (χ0n) is 28.4. The average Bonchev–Trinajstić information content (AvgIpc) is 3.02. The summed E-state index contributed by atoms with van der Waals surface area (Å²) >= 11 is 0. The van der Waals surface area contributed by atoms with E-state index in [1.54, 1.807) is 26.2 Å². The van der Waals surface area contributed by atoms with Crippen LogP contribution in [-0.4, -0.2) is 75.4 Å². The zero-order chi connectivity index (χ0) is 34.2. The number of halogens is 2. The number of benzene rings is 1. The number of carbonyl (C=O) groups excluding carboxylic acids is 2. The van der Waals surface area contributed by atoms with Gasteiger partial charge in [-0.3, -0.25) is 15.0 Å². The molecule has 0 aromatic heterocycles. The van der Waals surface area contributed by atoms with Crippen LogP contribution in [0, 0.1) is 5.41 Å². The quantitative estimate of drug-likeness (QED) is 0.201. The Bertz CT molecular complexity index is 1230. The first-order chi connectivity index (χ1) is 21.3. The van der Waals surface area contributed by atoms with E-state index < -0.39 is 12.4 Å². The predicted octanol–water partition coefficient (Wildman–Crippen LogP) is 7.27. The number of nitrogens with one attached hydrogen (secondary N) is 1. The van der Waals surface area contributed by atoms with Crippen LogP contribution >= 0.6 is 0 Å². The molecule has 0 bridgehead atoms. The molecule has 0 fully saturated rings. The highest BCUT2D eigenvalue weighted by Crippen LogP contribution is 2.40. The predicted molar refractivity (Wildman–Crippen MR) is 174 cm³/mol. The number of ether oxygens (including phenoxy) is 3. The van der Waals surface area contributed by atoms with Gasteiger partial charge in [-0.05, 0) is 61.8 Å². The van der Waals surface area contributed by atoms with E-state index in [4.69, 9.17) is 19.6 Å². The molecule has 1 aromatic rings. The van der Waals surface area contributed by atoms with Gasteiger partial charge < -0.3 is 24.0 Å². The largest absolute Gasteiger partial charge is 0.494 e. The van der Waals surface area contributed by atoms with Crippen LogP contribution in [0.3, 0.4) is 0 Å². The molecule has 0 aliphatic carbocycles. The van der Waals surface area contributed by atoms with Crippen molar-refractivity contribution in [1.29, 1.82) is 5.41 Å². The van der Waals surface area contributed by atoms with E-state index in [1.807, 2.05) is 19.1 Å². The average molecular weight is 636 g/mol. The smallest absolute Gasteiger partial charge is 0.197 e. The van der Waals surface area contributed by atoms with Crippen LogP contribution in [0.4, 0.5) is 14.6 Å². The van der Waals surface area contributed by atoms with E-state index >= 15 is 4.39 Å². The Balaban J connectivity index is 0.00000153. The number of carbonyl (C=O) groups is 2. The Labute approximate surface area is 267 Å². The van der Waals surface area contributed by atoms with E-state index in [0.29, 0.717) is 12.2 Å². The van der Waals surface area contributed by atoms with Gasteiger partial charge in [0.25, 0.3) is 0 Å². The number of rotatable bonds is 15. The minimum atomic E-state index is -0.717. The molecule has 0 saturated heterocycles. The topological polar surface area (TPSA) is 101 Å². The van der Waals surface area contributed by atoms with Crippen LogP contribution in [-0.2, 0) is 24.6 Å². The molecule has 1 aromatic carbocycles. The van der Waals surface area contributed by atoms with Gasteiger partial charge in [0.1, 0.15) is 18.2 Å². The summed E-state index contributed by atoms with van der Waals surface area (Å²) in [6.07, 6.45) is 6.39. The van der Waals surface area contributed by atoms with Gasteiger partial charge in [0.15, 0.2) is 28.9 Å². The molecule has 0 saturated carbocycles. The van der Waals surface area contributed by atoms with Gasteiger partial charge in [-0.1, -0.05) is 40.7 Å². The molecule has 1 N–H and O–H groups in total. The maximum Gasteiger partial charge on any atom is 0.197 e. The summed E-state index contributed by atoms with van der Waals surface area (Å²) in [6.45, 7) is 17.4. The number of hydrogen-bond acceptors (Lipinski definition) is 8. The Morgan fingerprint density at radius 3 is 2.13 bits per heavy atom. The fourth-order valence-corrected chi connectivity index (χ4v) is 4.57. The summed E-state index contributed by atoms with van der Waals surface area (Å²) in [6, 6.07) is 3.80. The summed E-state index contributed by atoms with van der Waals surface area (Å²) < 4.78 is 42.7. The molecule has 45 heavy (non-hydrogen) atoms. The third-order valence-corrected chi connectivity index (χ3v) is 6.55. The lowest BCUT2D eigenvalue weighted by Gasteiger charge is -2.31. The summed E-state index contributed by atoms with van der Waals surface area (Å²) in [4.78, 5) is 30.2. The second-order valence-corrected chi connectivity index (χ2v) is 11.4. The highest BCUT2D eigenvalue weighted by atomic mass is 19.3. The van der Waals surface area contributed by atoms with Gasteiger partial charge in [0, 0.05) is 36.8 Å². The van der Waals surface area contributed by atoms with Crippen molar-refractivity contribution in [2.24, 2.45) is 0 Å². The third kappa shape index (κ3) is 12.3. The second kappa shape index (κ2) is 19.6. The normalized spacial score (nSPS) is 17.1. The summed E-state index contributed by atoms with van der Waals surface area (Å²) in [5, 5.41) is 8.56. The summed E-state index contributed by atoms with van der Waals surface area (Å²) in [5.74, 6) is -0.313. The highest BCUT2D eigenvalue weighted by molar-refractivity contribution is 6.02. The minimum Gasteiger partial charge on any atom is -0.494 e. The number of Topliss-reactive ketones (excluding diaryl/α,β-unsaturated/α-hetero) is 2. The van der Waals surface area contributed by atoms with Crippen molar-refractivity contribution in [3.8, 4) is 5.75 Å². The minimum absolute atomic E-state index is 0.0462. The standard InChI is InChI=1S/C31H46FN3O4.C3H5FO2/c1-9-15-34(16-10-2)25-19-22(18-23(29(25)37-8)31(5,6)7)26(36)21-35-17-13-14-27(38-11-3)30(39-12-4)24(32)20-28(35)33;1-3(5)2-6-4/h13-14,18-20,33H,9-12,15-17,21H2,1-8H3;2H2,1H3/b14-13+,24-20-,30-27-,33-28?;. The molecular weight excluding hydrogens is 584 g/mol. The van der Waals surface area contributed by atoms with Crippen molar-refractivity contribution >= 4 is 23.1 Å². The first-order valence-electron chi connectivity index (χ1n) is 15.4. The van der Waals surface area contributed by atoms with Crippen LogP contribution in [0.2, 0.25) is 0 Å². The van der Waals surface area contributed by atoms with Crippen molar-refractivity contribution < 1.29 is 37.7 Å². The Hall–Kier alpha value is -3.73. The molecule has 1 aliphatic rings. The van der Waals surface area contributed by atoms with Crippen molar-refractivity contribution in [2.75, 3.05) is 58.0 Å². The molecule has 0 radical (unpaired) electrons. The first kappa shape index (κ1) is 39.3. The maximum absolute atomic E-state index is 15.2. The van der Waals surface area contributed by atoms with E-state index in [9.17, 15) is 14.1 Å². The van der Waals surface area contributed by atoms with Crippen molar-refractivity contribution in [1.82, 2.24) is 4.90 Å². The highest BCUT2D eigenvalue weighted by Gasteiger charge is 2.27. The van der Waals surface area contributed by atoms with E-state index in [1.165, 1.54) is 11.8 Å². The molecule has 0 atom stereocenters. The van der Waals surface area contributed by atoms with Crippen LogP contribution in [0.25, 0.3) is 0 Å². The fraction of sp³-hybridized carbons (Fsp3) is 0.559. The van der Waals surface area contributed by atoms with Crippen LogP contribution < -0.4 is 9.64 Å². The number of ketones is 2. The van der Waals surface area contributed by atoms with E-state index in [-0.39, 0.29) is 54.0 Å². The summed E-state index contributed by atoms with van der Waals surface area (Å²) in [5.41, 5.74) is 2.11. The summed E-state index contributed by atoms with van der Waals surface area (Å²) in [7, 11) is 1.67. The number of nitrogens with zero attached hydrogens (tertiary/aromatic N) is 2. The molecule has 252 valence electrons. The SMILES string of the molecule is CC(=O)COF.CCCN(CCC)c1cc(C(=O)CN2C/C=C/C(OCC)=C(OCC)\C(F)=C\C2=N)cc(C(C)(C)C)c1OC. The first-order valence-corrected chi connectivity index (χ1v) is 15.4. The van der Waals surface area contributed by atoms with Gasteiger partial charge in [-0.15, -0.1) is 0 Å². The molecule has 0 spiro atoms. The maximum atomic E-state index is 15.2. The van der Waals surface area contributed by atoms with Crippen molar-refractivity contribution in [3.05, 3.63) is 58.8 Å². The van der Waals surface area contributed by atoms with Crippen LogP contribution in [0.15, 0.2) is 47.7 Å². The molecule has 0 amide bonds. The third-order valence-electron chi connectivity index (χ3n) is 6.55.